The average Bonchev–Trinajstić information content (AvgIpc) is 2.54. The fourth-order valence-electron chi connectivity index (χ4n) is 2.01. The molecule has 0 aromatic heterocycles. The Bertz CT molecular complexity index is 862. The zero-order chi connectivity index (χ0) is 19.4. The number of anilines is 1. The number of nitrogens with one attached hydrogen (secondary N) is 1. The van der Waals surface area contributed by atoms with Gasteiger partial charge in [-0.15, -0.1) is 13.2 Å². The van der Waals surface area contributed by atoms with Crippen molar-refractivity contribution in [3.05, 3.63) is 59.7 Å². The standard InChI is InChI=1S/C16H14F3NO5S/c1-24-15(21)12-4-2-11(3-5-12)10-26(22,23)20-13-6-8-14(9-7-13)25-16(17,18)19/h2-9,20H,10H2,1H3. The SMILES string of the molecule is COC(=O)c1ccc(CS(=O)(=O)Nc2ccc(OC(F)(F)F)cc2)cc1. The fourth-order valence-corrected chi connectivity index (χ4v) is 3.21. The molecule has 2 aromatic carbocycles. The van der Waals surface area contributed by atoms with Crippen molar-refractivity contribution >= 4 is 21.7 Å². The molecule has 2 rings (SSSR count). The first-order valence-electron chi connectivity index (χ1n) is 7.11. The van der Waals surface area contributed by atoms with E-state index in [9.17, 15) is 26.4 Å². The summed E-state index contributed by atoms with van der Waals surface area (Å²) < 4.78 is 71.1. The summed E-state index contributed by atoms with van der Waals surface area (Å²) in [5.74, 6) is -1.38. The fraction of sp³-hybridized carbons (Fsp3) is 0.188. The molecule has 0 atom stereocenters. The van der Waals surface area contributed by atoms with Crippen molar-refractivity contribution < 1.29 is 35.9 Å². The molecule has 26 heavy (non-hydrogen) atoms. The molecule has 0 heterocycles. The molecular weight excluding hydrogens is 375 g/mol. The van der Waals surface area contributed by atoms with Crippen LogP contribution in [0.1, 0.15) is 15.9 Å². The smallest absolute Gasteiger partial charge is 0.465 e. The van der Waals surface area contributed by atoms with Crippen LogP contribution in [-0.4, -0.2) is 27.9 Å². The van der Waals surface area contributed by atoms with Crippen molar-refractivity contribution in [2.45, 2.75) is 12.1 Å². The molecule has 1 N–H and O–H groups in total. The normalized spacial score (nSPS) is 11.7. The van der Waals surface area contributed by atoms with Crippen LogP contribution in [-0.2, 0) is 20.5 Å². The van der Waals surface area contributed by atoms with Crippen LogP contribution < -0.4 is 9.46 Å². The van der Waals surface area contributed by atoms with Crippen LogP contribution in [0.15, 0.2) is 48.5 Å². The molecule has 140 valence electrons. The lowest BCUT2D eigenvalue weighted by molar-refractivity contribution is -0.274. The lowest BCUT2D eigenvalue weighted by Gasteiger charge is -2.11. The van der Waals surface area contributed by atoms with Crippen molar-refractivity contribution in [2.24, 2.45) is 0 Å². The van der Waals surface area contributed by atoms with E-state index in [0.29, 0.717) is 5.56 Å². The number of halogens is 3. The highest BCUT2D eigenvalue weighted by Gasteiger charge is 2.31. The summed E-state index contributed by atoms with van der Waals surface area (Å²) in [7, 11) is -2.57. The van der Waals surface area contributed by atoms with Gasteiger partial charge in [-0.25, -0.2) is 13.2 Å². The predicted molar refractivity (Wildman–Crippen MR) is 87.2 cm³/mol. The van der Waals surface area contributed by atoms with E-state index in [-0.39, 0.29) is 17.0 Å². The molecule has 0 aliphatic carbocycles. The lowest BCUT2D eigenvalue weighted by atomic mass is 10.1. The summed E-state index contributed by atoms with van der Waals surface area (Å²) >= 11 is 0. The van der Waals surface area contributed by atoms with Gasteiger partial charge < -0.3 is 9.47 Å². The first-order valence-corrected chi connectivity index (χ1v) is 8.77. The van der Waals surface area contributed by atoms with E-state index in [1.807, 2.05) is 0 Å². The third-order valence-corrected chi connectivity index (χ3v) is 4.35. The molecule has 0 bridgehead atoms. The van der Waals surface area contributed by atoms with E-state index < -0.39 is 28.1 Å². The van der Waals surface area contributed by atoms with Gasteiger partial charge in [-0.05, 0) is 42.0 Å². The van der Waals surface area contributed by atoms with Gasteiger partial charge in [0, 0.05) is 5.69 Å². The van der Waals surface area contributed by atoms with Gasteiger partial charge in [0.05, 0.1) is 18.4 Å². The summed E-state index contributed by atoms with van der Waals surface area (Å²) in [6, 6.07) is 10.1. The molecule has 0 aliphatic heterocycles. The average molecular weight is 389 g/mol. The van der Waals surface area contributed by atoms with E-state index in [1.54, 1.807) is 0 Å². The minimum atomic E-state index is -4.82. The van der Waals surface area contributed by atoms with Gasteiger partial charge >= 0.3 is 12.3 Å². The molecule has 6 nitrogen and oxygen atoms in total. The maximum Gasteiger partial charge on any atom is 0.573 e. The quantitative estimate of drug-likeness (QED) is 0.767. The predicted octanol–water partition coefficient (Wildman–Crippen LogP) is 3.31. The van der Waals surface area contributed by atoms with Crippen LogP contribution in [0.3, 0.4) is 0 Å². The van der Waals surface area contributed by atoms with Crippen LogP contribution >= 0.6 is 0 Å². The van der Waals surface area contributed by atoms with Crippen molar-refractivity contribution in [1.29, 1.82) is 0 Å². The van der Waals surface area contributed by atoms with E-state index in [2.05, 4.69) is 14.2 Å². The number of hydrogen-bond acceptors (Lipinski definition) is 5. The summed E-state index contributed by atoms with van der Waals surface area (Å²) in [4.78, 5) is 11.3. The first-order chi connectivity index (χ1) is 12.1. The zero-order valence-corrected chi connectivity index (χ0v) is 14.2. The molecule has 0 amide bonds. The Labute approximate surface area is 147 Å². The molecule has 2 aromatic rings. The highest BCUT2D eigenvalue weighted by atomic mass is 32.2. The van der Waals surface area contributed by atoms with Gasteiger partial charge in [0.2, 0.25) is 10.0 Å². The number of benzene rings is 2. The summed E-state index contributed by atoms with van der Waals surface area (Å²) in [5, 5.41) is 0. The Morgan fingerprint density at radius 3 is 2.12 bits per heavy atom. The second-order valence-electron chi connectivity index (χ2n) is 5.12. The Kier molecular flexibility index (Phi) is 5.76. The van der Waals surface area contributed by atoms with Crippen molar-refractivity contribution in [1.82, 2.24) is 0 Å². The zero-order valence-electron chi connectivity index (χ0n) is 13.4. The highest BCUT2D eigenvalue weighted by Crippen LogP contribution is 2.24. The second kappa shape index (κ2) is 7.65. The molecule has 0 saturated heterocycles. The molecule has 0 spiro atoms. The van der Waals surface area contributed by atoms with E-state index in [0.717, 1.165) is 24.3 Å². The Morgan fingerprint density at radius 1 is 1.04 bits per heavy atom. The Balaban J connectivity index is 2.03. The minimum Gasteiger partial charge on any atom is -0.465 e. The van der Waals surface area contributed by atoms with Crippen LogP contribution in [0.25, 0.3) is 0 Å². The number of ether oxygens (including phenoxy) is 2. The summed E-state index contributed by atoms with van der Waals surface area (Å²) in [6.07, 6.45) is -4.82. The molecule has 0 radical (unpaired) electrons. The van der Waals surface area contributed by atoms with Crippen molar-refractivity contribution in [3.8, 4) is 5.75 Å². The third kappa shape index (κ3) is 5.96. The van der Waals surface area contributed by atoms with Crippen molar-refractivity contribution in [2.75, 3.05) is 11.8 Å². The number of sulfonamides is 1. The van der Waals surface area contributed by atoms with E-state index in [4.69, 9.17) is 0 Å². The molecular formula is C16H14F3NO5S. The number of rotatable bonds is 6. The number of carbonyl (C=O) groups excluding carboxylic acids is 1. The molecule has 0 aliphatic rings. The molecule has 0 unspecified atom stereocenters. The monoisotopic (exact) mass is 389 g/mol. The second-order valence-corrected chi connectivity index (χ2v) is 6.84. The third-order valence-electron chi connectivity index (χ3n) is 3.09. The number of alkyl halides is 3. The first kappa shape index (κ1) is 19.6. The number of carbonyl (C=O) groups is 1. The number of esters is 1. The Morgan fingerprint density at radius 2 is 1.62 bits per heavy atom. The van der Waals surface area contributed by atoms with Crippen LogP contribution in [0.2, 0.25) is 0 Å². The maximum atomic E-state index is 12.1. The van der Waals surface area contributed by atoms with Gasteiger partial charge in [-0.1, -0.05) is 12.1 Å². The summed E-state index contributed by atoms with van der Waals surface area (Å²) in [6.45, 7) is 0. The van der Waals surface area contributed by atoms with Gasteiger partial charge in [-0.2, -0.15) is 0 Å². The number of methoxy groups -OCH3 is 1. The molecule has 0 saturated carbocycles. The van der Waals surface area contributed by atoms with Gasteiger partial charge in [0.15, 0.2) is 0 Å². The minimum absolute atomic E-state index is 0.0886. The summed E-state index contributed by atoms with van der Waals surface area (Å²) in [5.41, 5.74) is 0.787. The lowest BCUT2D eigenvalue weighted by Crippen LogP contribution is -2.17. The van der Waals surface area contributed by atoms with Crippen LogP contribution in [0.4, 0.5) is 18.9 Å². The topological polar surface area (TPSA) is 81.7 Å². The molecule has 10 heteroatoms. The highest BCUT2D eigenvalue weighted by molar-refractivity contribution is 7.91. The van der Waals surface area contributed by atoms with Gasteiger partial charge in [-0.3, -0.25) is 4.72 Å². The maximum absolute atomic E-state index is 12.1. The van der Waals surface area contributed by atoms with E-state index >= 15 is 0 Å². The Hall–Kier alpha value is -2.75. The molecule has 0 fully saturated rings. The van der Waals surface area contributed by atoms with Gasteiger partial charge in [0.1, 0.15) is 5.75 Å². The van der Waals surface area contributed by atoms with Crippen molar-refractivity contribution in [3.63, 3.8) is 0 Å². The van der Waals surface area contributed by atoms with Gasteiger partial charge in [0.25, 0.3) is 0 Å². The largest absolute Gasteiger partial charge is 0.573 e. The van der Waals surface area contributed by atoms with E-state index in [1.165, 1.54) is 31.4 Å². The number of hydrogen-bond donors (Lipinski definition) is 1. The van der Waals surface area contributed by atoms with Crippen LogP contribution in [0.5, 0.6) is 5.75 Å². The van der Waals surface area contributed by atoms with Crippen LogP contribution in [0, 0.1) is 0 Å².